The number of carbonyl (C=O) groups is 1. The van der Waals surface area contributed by atoms with Gasteiger partial charge in [0.15, 0.2) is 5.13 Å². The monoisotopic (exact) mass is 684 g/mol. The van der Waals surface area contributed by atoms with Gasteiger partial charge >= 0.3 is 7.60 Å². The molecule has 0 saturated carbocycles. The van der Waals surface area contributed by atoms with Crippen molar-refractivity contribution in [3.05, 3.63) is 51.7 Å². The fourth-order valence-electron chi connectivity index (χ4n) is 4.17. The van der Waals surface area contributed by atoms with Crippen LogP contribution in [0.4, 0.5) is 22.5 Å². The first-order valence-electron chi connectivity index (χ1n) is 14.2. The van der Waals surface area contributed by atoms with Gasteiger partial charge in [-0.2, -0.15) is 0 Å². The Morgan fingerprint density at radius 3 is 2.36 bits per heavy atom. The third kappa shape index (κ3) is 11.5. The highest BCUT2D eigenvalue weighted by atomic mass is 35.5. The van der Waals surface area contributed by atoms with E-state index in [2.05, 4.69) is 35.4 Å². The Balaban J connectivity index is 0.000000838. The molecule has 0 spiro atoms. The van der Waals surface area contributed by atoms with Gasteiger partial charge in [0.2, 0.25) is 0 Å². The number of hydrogen-bond acceptors (Lipinski definition) is 15. The molecule has 1 aliphatic rings. The number of piperazine rings is 1. The molecule has 3 aromatic rings. The Kier molecular flexibility index (Phi) is 13.6. The lowest BCUT2D eigenvalue weighted by molar-refractivity contribution is 0.103. The number of thiazole rings is 1. The van der Waals surface area contributed by atoms with Crippen molar-refractivity contribution in [2.45, 2.75) is 33.5 Å². The minimum atomic E-state index is -3.13. The molecule has 18 heteroatoms. The summed E-state index contributed by atoms with van der Waals surface area (Å²) in [4.78, 5) is 30.9. The molecule has 0 radical (unpaired) electrons. The van der Waals surface area contributed by atoms with Crippen molar-refractivity contribution < 1.29 is 23.5 Å². The zero-order valence-corrected chi connectivity index (χ0v) is 28.3. The third-order valence-electron chi connectivity index (χ3n) is 6.24. The van der Waals surface area contributed by atoms with Crippen molar-refractivity contribution >= 4 is 58.9 Å². The molecule has 1 aromatic carbocycles. The number of anilines is 4. The fourth-order valence-corrected chi connectivity index (χ4v) is 6.95. The molecule has 248 valence electrons. The molecule has 45 heavy (non-hydrogen) atoms. The van der Waals surface area contributed by atoms with Gasteiger partial charge < -0.3 is 29.7 Å². The molecule has 15 nitrogen and oxygen atoms in total. The lowest BCUT2D eigenvalue weighted by atomic mass is 10.2. The number of para-hydroxylation sites is 1. The zero-order valence-electron chi connectivity index (χ0n) is 25.8. The van der Waals surface area contributed by atoms with E-state index in [1.165, 1.54) is 17.5 Å². The molecular formula is C27H42ClN10O5PS. The van der Waals surface area contributed by atoms with Gasteiger partial charge in [0.25, 0.3) is 5.91 Å². The molecule has 1 saturated heterocycles. The number of benzene rings is 1. The van der Waals surface area contributed by atoms with Crippen molar-refractivity contribution in [3.8, 4) is 0 Å². The van der Waals surface area contributed by atoms with Crippen molar-refractivity contribution in [1.82, 2.24) is 19.9 Å². The van der Waals surface area contributed by atoms with Crippen LogP contribution in [-0.2, 0) is 13.6 Å². The molecule has 1 fully saturated rings. The quantitative estimate of drug-likeness (QED) is 0.119. The first-order valence-corrected chi connectivity index (χ1v) is 17.2. The summed E-state index contributed by atoms with van der Waals surface area (Å²) < 4.78 is 23.8. The first-order chi connectivity index (χ1) is 21.3. The molecule has 0 bridgehead atoms. The summed E-state index contributed by atoms with van der Waals surface area (Å²) >= 11 is 7.46. The van der Waals surface area contributed by atoms with Crippen LogP contribution in [0.5, 0.6) is 0 Å². The summed E-state index contributed by atoms with van der Waals surface area (Å²) in [6, 6.07) is 7.32. The van der Waals surface area contributed by atoms with Gasteiger partial charge in [-0.25, -0.2) is 15.0 Å². The van der Waals surface area contributed by atoms with Crippen LogP contribution in [0.1, 0.15) is 34.9 Å². The number of nitrogens with one attached hydrogen (secondary N) is 2. The Morgan fingerprint density at radius 2 is 1.78 bits per heavy atom. The van der Waals surface area contributed by atoms with E-state index in [9.17, 15) is 9.36 Å². The molecule has 1 amide bonds. The van der Waals surface area contributed by atoms with Gasteiger partial charge in [0, 0.05) is 32.2 Å². The summed E-state index contributed by atoms with van der Waals surface area (Å²) in [5, 5.41) is 15.1. The maximum absolute atomic E-state index is 12.9. The van der Waals surface area contributed by atoms with E-state index in [1.807, 2.05) is 45.9 Å². The molecule has 9 N–H and O–H groups in total. The van der Waals surface area contributed by atoms with Crippen LogP contribution < -0.4 is 32.7 Å². The summed E-state index contributed by atoms with van der Waals surface area (Å²) in [5.74, 6) is 0.289. The molecule has 4 rings (SSSR count). The van der Waals surface area contributed by atoms with Crippen LogP contribution >= 0.6 is 30.5 Å². The van der Waals surface area contributed by atoms with Crippen LogP contribution in [-0.4, -0.2) is 88.9 Å². The maximum atomic E-state index is 12.9. The Labute approximate surface area is 272 Å². The number of halogens is 1. The highest BCUT2D eigenvalue weighted by Crippen LogP contribution is 2.48. The number of aliphatic hydroxyl groups is 1. The number of nitrogens with zero attached hydrogens (tertiary/aromatic N) is 5. The summed E-state index contributed by atoms with van der Waals surface area (Å²) in [5.41, 5.74) is 16.0. The van der Waals surface area contributed by atoms with Crippen LogP contribution in [0.2, 0.25) is 5.02 Å². The third-order valence-corrected chi connectivity index (χ3v) is 9.52. The first kappa shape index (κ1) is 36.7. The van der Waals surface area contributed by atoms with Gasteiger partial charge in [0.05, 0.1) is 36.7 Å². The Hall–Kier alpha value is -2.76. The minimum Gasteiger partial charge on any atom is -0.392 e. The average molecular weight is 685 g/mol. The fraction of sp³-hybridized carbons (Fsp3) is 0.481. The van der Waals surface area contributed by atoms with E-state index in [-0.39, 0.29) is 12.2 Å². The zero-order chi connectivity index (χ0) is 33.2. The number of rotatable bonds is 12. The van der Waals surface area contributed by atoms with Crippen molar-refractivity contribution in [2.75, 3.05) is 67.8 Å². The number of aryl methyl sites for hydroxylation is 2. The van der Waals surface area contributed by atoms with Gasteiger partial charge in [0.1, 0.15) is 34.4 Å². The summed E-state index contributed by atoms with van der Waals surface area (Å²) in [6.07, 6.45) is 1.79. The van der Waals surface area contributed by atoms with Crippen LogP contribution in [0.15, 0.2) is 30.5 Å². The molecule has 1 aliphatic heterocycles. The number of aromatic nitrogens is 3. The standard InChI is InChI=1S/C25H33ClN7O4PS.C2H9N3O/c1-5-36-38(35,37-6-2)16-32-10-12-33(13-11-32)22-14-21(28-18(4)29-22)30-25-27-15-20(39-25)24(34)31-23-17(3)8-7-9-19(23)26;3-2(4,5)1-6/h7-9,14-15H,5-6,10-13,16H2,1-4H3,(H,31,34)(H,27,28,29,30);6H,1,3-5H2. The van der Waals surface area contributed by atoms with E-state index < -0.39 is 20.0 Å². The Bertz CT molecular complexity index is 1440. The number of hydrogen-bond donors (Lipinski definition) is 6. The molecule has 0 aliphatic carbocycles. The average Bonchev–Trinajstić information content (AvgIpc) is 3.44. The molecule has 3 heterocycles. The smallest absolute Gasteiger partial charge is 0.344 e. The lowest BCUT2D eigenvalue weighted by Crippen LogP contribution is -2.60. The minimum absolute atomic E-state index is 0.272. The Morgan fingerprint density at radius 1 is 1.13 bits per heavy atom. The maximum Gasteiger partial charge on any atom is 0.344 e. The summed E-state index contributed by atoms with van der Waals surface area (Å²) in [7, 11) is -3.13. The second-order valence-electron chi connectivity index (χ2n) is 10.2. The van der Waals surface area contributed by atoms with E-state index in [4.69, 9.17) is 43.0 Å². The topological polar surface area (TPSA) is 220 Å². The van der Waals surface area contributed by atoms with Gasteiger partial charge in [-0.3, -0.25) is 31.5 Å². The van der Waals surface area contributed by atoms with E-state index in [0.717, 1.165) is 11.4 Å². The van der Waals surface area contributed by atoms with Crippen molar-refractivity contribution in [2.24, 2.45) is 17.2 Å². The van der Waals surface area contributed by atoms with Crippen LogP contribution in [0.25, 0.3) is 0 Å². The highest BCUT2D eigenvalue weighted by molar-refractivity contribution is 7.53. The second kappa shape index (κ2) is 16.7. The number of amides is 1. The van der Waals surface area contributed by atoms with E-state index in [0.29, 0.717) is 71.8 Å². The predicted octanol–water partition coefficient (Wildman–Crippen LogP) is 3.05. The van der Waals surface area contributed by atoms with Crippen LogP contribution in [0.3, 0.4) is 0 Å². The number of nitrogens with two attached hydrogens (primary N) is 3. The summed E-state index contributed by atoms with van der Waals surface area (Å²) in [6.45, 7) is 10.5. The van der Waals surface area contributed by atoms with Gasteiger partial charge in [-0.15, -0.1) is 0 Å². The van der Waals surface area contributed by atoms with Crippen LogP contribution in [0, 0.1) is 13.8 Å². The normalized spacial score (nSPS) is 14.1. The molecule has 2 aromatic heterocycles. The van der Waals surface area contributed by atoms with Crippen molar-refractivity contribution in [1.29, 1.82) is 0 Å². The van der Waals surface area contributed by atoms with E-state index >= 15 is 0 Å². The van der Waals surface area contributed by atoms with E-state index in [1.54, 1.807) is 6.07 Å². The molecular weight excluding hydrogens is 643 g/mol. The highest BCUT2D eigenvalue weighted by Gasteiger charge is 2.29. The molecule has 0 unspecified atom stereocenters. The van der Waals surface area contributed by atoms with Crippen molar-refractivity contribution in [3.63, 3.8) is 0 Å². The second-order valence-corrected chi connectivity index (χ2v) is 13.6. The largest absolute Gasteiger partial charge is 0.392 e. The lowest BCUT2D eigenvalue weighted by Gasteiger charge is -2.36. The SMILES string of the molecule is CCOP(=O)(CN1CCN(c2cc(Nc3ncc(C(=O)Nc4c(C)cccc4Cl)s3)nc(C)n2)CC1)OCC.NC(N)(N)CO. The predicted molar refractivity (Wildman–Crippen MR) is 178 cm³/mol. The number of carbonyl (C=O) groups excluding carboxylic acids is 1. The number of aliphatic hydroxyl groups excluding tert-OH is 1. The van der Waals surface area contributed by atoms with Gasteiger partial charge in [-0.1, -0.05) is 35.1 Å². The molecule has 0 atom stereocenters. The van der Waals surface area contributed by atoms with Gasteiger partial charge in [-0.05, 0) is 39.3 Å².